The molecule has 114 valence electrons. The standard InChI is InChI=1S/C15H15N3O3S/c1-2-21-12-5-3-11(4-6-12)18-22(19,20)13-7-8-14-15(9-13)17-10-16-14/h3-10,18H,2H2,1H3,(H,16,17). The Kier molecular flexibility index (Phi) is 3.72. The zero-order valence-corrected chi connectivity index (χ0v) is 12.7. The minimum Gasteiger partial charge on any atom is -0.494 e. The summed E-state index contributed by atoms with van der Waals surface area (Å²) in [5.74, 6) is 0.698. The summed E-state index contributed by atoms with van der Waals surface area (Å²) in [5.41, 5.74) is 1.88. The molecule has 6 nitrogen and oxygen atoms in total. The number of sulfonamides is 1. The molecule has 0 amide bonds. The first-order valence-electron chi connectivity index (χ1n) is 6.77. The minimum atomic E-state index is -3.65. The number of H-pyrrole nitrogens is 1. The van der Waals surface area contributed by atoms with Crippen LogP contribution in [0.5, 0.6) is 5.75 Å². The summed E-state index contributed by atoms with van der Waals surface area (Å²) in [6.07, 6.45) is 1.53. The molecular formula is C15H15N3O3S. The van der Waals surface area contributed by atoms with Crippen molar-refractivity contribution >= 4 is 26.7 Å². The van der Waals surface area contributed by atoms with Crippen LogP contribution in [0.2, 0.25) is 0 Å². The lowest BCUT2D eigenvalue weighted by atomic mass is 10.3. The van der Waals surface area contributed by atoms with Crippen molar-refractivity contribution in [2.45, 2.75) is 11.8 Å². The SMILES string of the molecule is CCOc1ccc(NS(=O)(=O)c2ccc3nc[nH]c3c2)cc1. The third kappa shape index (κ3) is 2.89. The van der Waals surface area contributed by atoms with Gasteiger partial charge in [0.05, 0.1) is 28.9 Å². The predicted molar refractivity (Wildman–Crippen MR) is 84.5 cm³/mol. The van der Waals surface area contributed by atoms with Crippen LogP contribution >= 0.6 is 0 Å². The van der Waals surface area contributed by atoms with Crippen LogP contribution < -0.4 is 9.46 Å². The molecule has 22 heavy (non-hydrogen) atoms. The highest BCUT2D eigenvalue weighted by Gasteiger charge is 2.15. The third-order valence-corrected chi connectivity index (χ3v) is 4.50. The fraction of sp³-hybridized carbons (Fsp3) is 0.133. The maximum absolute atomic E-state index is 12.4. The number of nitrogens with zero attached hydrogens (tertiary/aromatic N) is 1. The summed E-state index contributed by atoms with van der Waals surface area (Å²) in [6.45, 7) is 2.46. The van der Waals surface area contributed by atoms with E-state index in [-0.39, 0.29) is 4.90 Å². The van der Waals surface area contributed by atoms with E-state index >= 15 is 0 Å². The van der Waals surface area contributed by atoms with Gasteiger partial charge in [-0.15, -0.1) is 0 Å². The first-order chi connectivity index (χ1) is 10.6. The molecule has 0 aliphatic heterocycles. The van der Waals surface area contributed by atoms with Gasteiger partial charge in [0, 0.05) is 5.69 Å². The van der Waals surface area contributed by atoms with E-state index in [4.69, 9.17) is 4.74 Å². The van der Waals surface area contributed by atoms with E-state index in [1.54, 1.807) is 36.4 Å². The molecule has 0 saturated heterocycles. The molecular weight excluding hydrogens is 302 g/mol. The lowest BCUT2D eigenvalue weighted by Crippen LogP contribution is -2.12. The van der Waals surface area contributed by atoms with Crippen LogP contribution in [0.1, 0.15) is 6.92 Å². The molecule has 2 aromatic carbocycles. The molecule has 3 aromatic rings. The molecule has 0 saturated carbocycles. The summed E-state index contributed by atoms with van der Waals surface area (Å²) < 4.78 is 32.7. The van der Waals surface area contributed by atoms with Crippen molar-refractivity contribution in [2.75, 3.05) is 11.3 Å². The molecule has 0 spiro atoms. The fourth-order valence-electron chi connectivity index (χ4n) is 2.08. The van der Waals surface area contributed by atoms with E-state index in [1.165, 1.54) is 12.4 Å². The van der Waals surface area contributed by atoms with Gasteiger partial charge in [-0.05, 0) is 49.4 Å². The molecule has 7 heteroatoms. The second kappa shape index (κ2) is 5.69. The lowest BCUT2D eigenvalue weighted by Gasteiger charge is -2.09. The molecule has 0 fully saturated rings. The average molecular weight is 317 g/mol. The Balaban J connectivity index is 1.85. The maximum atomic E-state index is 12.4. The van der Waals surface area contributed by atoms with Gasteiger partial charge in [0.2, 0.25) is 0 Å². The number of benzene rings is 2. The van der Waals surface area contributed by atoms with Crippen LogP contribution in [-0.2, 0) is 10.0 Å². The topological polar surface area (TPSA) is 84.1 Å². The quantitative estimate of drug-likeness (QED) is 0.758. The summed E-state index contributed by atoms with van der Waals surface area (Å²) in [7, 11) is -3.65. The molecule has 1 aromatic heterocycles. The highest BCUT2D eigenvalue weighted by atomic mass is 32.2. The summed E-state index contributed by atoms with van der Waals surface area (Å²) in [4.78, 5) is 7.14. The largest absolute Gasteiger partial charge is 0.494 e. The van der Waals surface area contributed by atoms with Crippen molar-refractivity contribution in [3.8, 4) is 5.75 Å². The smallest absolute Gasteiger partial charge is 0.261 e. The van der Waals surface area contributed by atoms with Gasteiger partial charge in [-0.3, -0.25) is 4.72 Å². The number of anilines is 1. The van der Waals surface area contributed by atoms with E-state index in [2.05, 4.69) is 14.7 Å². The van der Waals surface area contributed by atoms with Gasteiger partial charge in [0.1, 0.15) is 5.75 Å². The molecule has 0 atom stereocenters. The zero-order chi connectivity index (χ0) is 15.6. The second-order valence-corrected chi connectivity index (χ2v) is 6.33. The number of ether oxygens (including phenoxy) is 1. The van der Waals surface area contributed by atoms with Crippen molar-refractivity contribution in [1.82, 2.24) is 9.97 Å². The van der Waals surface area contributed by atoms with E-state index < -0.39 is 10.0 Å². The van der Waals surface area contributed by atoms with Crippen LogP contribution in [0, 0.1) is 0 Å². The van der Waals surface area contributed by atoms with Crippen molar-refractivity contribution in [1.29, 1.82) is 0 Å². The molecule has 3 rings (SSSR count). The number of aromatic amines is 1. The number of fused-ring (bicyclic) bond motifs is 1. The Morgan fingerprint density at radius 2 is 1.95 bits per heavy atom. The van der Waals surface area contributed by atoms with Gasteiger partial charge < -0.3 is 9.72 Å². The summed E-state index contributed by atoms with van der Waals surface area (Å²) in [5, 5.41) is 0. The number of rotatable bonds is 5. The molecule has 2 N–H and O–H groups in total. The van der Waals surface area contributed by atoms with Gasteiger partial charge >= 0.3 is 0 Å². The van der Waals surface area contributed by atoms with E-state index in [0.29, 0.717) is 23.6 Å². The first kappa shape index (κ1) is 14.4. The Morgan fingerprint density at radius 1 is 1.18 bits per heavy atom. The summed E-state index contributed by atoms with van der Waals surface area (Å²) >= 11 is 0. The van der Waals surface area contributed by atoms with Crippen LogP contribution in [0.3, 0.4) is 0 Å². The molecule has 1 heterocycles. The first-order valence-corrected chi connectivity index (χ1v) is 8.25. The minimum absolute atomic E-state index is 0.179. The van der Waals surface area contributed by atoms with Gasteiger partial charge in [-0.1, -0.05) is 0 Å². The lowest BCUT2D eigenvalue weighted by molar-refractivity contribution is 0.340. The third-order valence-electron chi connectivity index (χ3n) is 3.12. The van der Waals surface area contributed by atoms with Gasteiger partial charge in [0.15, 0.2) is 0 Å². The average Bonchev–Trinajstić information content (AvgIpc) is 2.97. The Bertz CT molecular complexity index is 886. The number of hydrogen-bond donors (Lipinski definition) is 2. The highest BCUT2D eigenvalue weighted by Crippen LogP contribution is 2.21. The Labute approximate surface area is 128 Å². The maximum Gasteiger partial charge on any atom is 0.261 e. The zero-order valence-electron chi connectivity index (χ0n) is 11.9. The van der Waals surface area contributed by atoms with Crippen molar-refractivity contribution in [3.63, 3.8) is 0 Å². The Morgan fingerprint density at radius 3 is 2.68 bits per heavy atom. The van der Waals surface area contributed by atoms with E-state index in [1.807, 2.05) is 6.92 Å². The Hall–Kier alpha value is -2.54. The molecule has 0 bridgehead atoms. The normalized spacial score (nSPS) is 11.5. The summed E-state index contributed by atoms with van der Waals surface area (Å²) in [6, 6.07) is 11.5. The highest BCUT2D eigenvalue weighted by molar-refractivity contribution is 7.92. The molecule has 0 radical (unpaired) electrons. The molecule has 0 unspecified atom stereocenters. The van der Waals surface area contributed by atoms with Crippen LogP contribution in [0.15, 0.2) is 53.7 Å². The van der Waals surface area contributed by atoms with E-state index in [0.717, 1.165) is 5.52 Å². The number of aromatic nitrogens is 2. The van der Waals surface area contributed by atoms with E-state index in [9.17, 15) is 8.42 Å². The second-order valence-electron chi connectivity index (χ2n) is 4.64. The number of nitrogens with one attached hydrogen (secondary N) is 2. The van der Waals surface area contributed by atoms with Crippen LogP contribution in [0.25, 0.3) is 11.0 Å². The van der Waals surface area contributed by atoms with Gasteiger partial charge in [-0.2, -0.15) is 0 Å². The van der Waals surface area contributed by atoms with Crippen LogP contribution in [0.4, 0.5) is 5.69 Å². The molecule has 0 aliphatic rings. The van der Waals surface area contributed by atoms with Crippen molar-refractivity contribution < 1.29 is 13.2 Å². The van der Waals surface area contributed by atoms with Gasteiger partial charge in [-0.25, -0.2) is 13.4 Å². The van der Waals surface area contributed by atoms with Crippen molar-refractivity contribution in [3.05, 3.63) is 48.8 Å². The number of hydrogen-bond acceptors (Lipinski definition) is 4. The van der Waals surface area contributed by atoms with Crippen LogP contribution in [-0.4, -0.2) is 25.0 Å². The van der Waals surface area contributed by atoms with Crippen molar-refractivity contribution in [2.24, 2.45) is 0 Å². The fourth-order valence-corrected chi connectivity index (χ4v) is 3.17. The predicted octanol–water partition coefficient (Wildman–Crippen LogP) is 2.76. The molecule has 0 aliphatic carbocycles. The van der Waals surface area contributed by atoms with Gasteiger partial charge in [0.25, 0.3) is 10.0 Å². The monoisotopic (exact) mass is 317 g/mol. The number of imidazole rings is 1.